The molecule has 11 nitrogen and oxygen atoms in total. The molecule has 0 bridgehead atoms. The Labute approximate surface area is 233 Å². The molecule has 40 heavy (non-hydrogen) atoms. The van der Waals surface area contributed by atoms with Gasteiger partial charge in [-0.15, -0.1) is 0 Å². The summed E-state index contributed by atoms with van der Waals surface area (Å²) in [7, 11) is 0. The topological polar surface area (TPSA) is 162 Å². The first-order valence-electron chi connectivity index (χ1n) is 13.2. The number of carbonyl (C=O) groups is 3. The molecule has 0 aliphatic carbocycles. The Kier molecular flexibility index (Phi) is 12.1. The van der Waals surface area contributed by atoms with Crippen LogP contribution in [0.25, 0.3) is 11.0 Å². The van der Waals surface area contributed by atoms with E-state index in [9.17, 15) is 14.4 Å². The zero-order valence-corrected chi connectivity index (χ0v) is 23.5. The van der Waals surface area contributed by atoms with Crippen molar-refractivity contribution in [1.82, 2.24) is 14.5 Å². The zero-order valence-electron chi connectivity index (χ0n) is 23.5. The second-order valence-corrected chi connectivity index (χ2v) is 9.43. The SMILES string of the molecule is CCOc1ccc(Cc2nc3cc(C)ccc3n2CCN(CC)CC)cc1.O=C(O)CC(O)(CC(=O)O)C(=O)O. The van der Waals surface area contributed by atoms with Gasteiger partial charge in [0.05, 0.1) is 30.5 Å². The van der Waals surface area contributed by atoms with E-state index in [1.165, 1.54) is 16.6 Å². The van der Waals surface area contributed by atoms with Gasteiger partial charge in [-0.3, -0.25) is 9.59 Å². The molecule has 0 atom stereocenters. The lowest BCUT2D eigenvalue weighted by Gasteiger charge is -2.19. The first-order valence-corrected chi connectivity index (χ1v) is 13.2. The number of likely N-dealkylation sites (N-methyl/N-ethyl adjacent to an activating group) is 1. The molecule has 0 radical (unpaired) electrons. The number of fused-ring (bicyclic) bond motifs is 1. The maximum Gasteiger partial charge on any atom is 0.336 e. The maximum absolute atomic E-state index is 10.3. The molecule has 2 aromatic carbocycles. The Morgan fingerprint density at radius 1 is 0.950 bits per heavy atom. The average Bonchev–Trinajstić information content (AvgIpc) is 3.21. The molecule has 0 aliphatic rings. The Bertz CT molecular complexity index is 1270. The average molecular weight is 558 g/mol. The van der Waals surface area contributed by atoms with Gasteiger partial charge in [0.2, 0.25) is 0 Å². The van der Waals surface area contributed by atoms with Gasteiger partial charge in [-0.05, 0) is 62.3 Å². The van der Waals surface area contributed by atoms with E-state index in [1.54, 1.807) is 0 Å². The van der Waals surface area contributed by atoms with Crippen LogP contribution in [0.3, 0.4) is 0 Å². The highest BCUT2D eigenvalue weighted by Gasteiger charge is 2.40. The van der Waals surface area contributed by atoms with Gasteiger partial charge in [0, 0.05) is 19.5 Å². The van der Waals surface area contributed by atoms with Crippen LogP contribution in [0.2, 0.25) is 0 Å². The first-order chi connectivity index (χ1) is 18.9. The lowest BCUT2D eigenvalue weighted by molar-refractivity contribution is -0.170. The molecule has 1 aromatic heterocycles. The van der Waals surface area contributed by atoms with Gasteiger partial charge in [0.25, 0.3) is 0 Å². The number of benzene rings is 2. The van der Waals surface area contributed by atoms with Gasteiger partial charge in [-0.2, -0.15) is 0 Å². The summed E-state index contributed by atoms with van der Waals surface area (Å²) >= 11 is 0. The fourth-order valence-electron chi connectivity index (χ4n) is 4.22. The van der Waals surface area contributed by atoms with Crippen LogP contribution in [0.5, 0.6) is 5.75 Å². The number of carboxylic acids is 3. The van der Waals surface area contributed by atoms with Crippen LogP contribution in [-0.4, -0.2) is 84.6 Å². The van der Waals surface area contributed by atoms with E-state index in [-0.39, 0.29) is 0 Å². The summed E-state index contributed by atoms with van der Waals surface area (Å²) < 4.78 is 7.95. The van der Waals surface area contributed by atoms with E-state index in [2.05, 4.69) is 60.6 Å². The predicted octanol–water partition coefficient (Wildman–Crippen LogP) is 3.43. The predicted molar refractivity (Wildman–Crippen MR) is 150 cm³/mol. The smallest absolute Gasteiger partial charge is 0.336 e. The molecule has 4 N–H and O–H groups in total. The Morgan fingerprint density at radius 2 is 1.55 bits per heavy atom. The van der Waals surface area contributed by atoms with Gasteiger partial charge in [0.1, 0.15) is 11.6 Å². The molecule has 3 aromatic rings. The molecular weight excluding hydrogens is 518 g/mol. The normalized spacial score (nSPS) is 11.2. The minimum Gasteiger partial charge on any atom is -0.494 e. The number of rotatable bonds is 14. The molecule has 11 heteroatoms. The number of aromatic nitrogens is 2. The quantitative estimate of drug-likeness (QED) is 0.231. The number of aliphatic carboxylic acids is 3. The van der Waals surface area contributed by atoms with Crippen molar-refractivity contribution in [2.24, 2.45) is 0 Å². The van der Waals surface area contributed by atoms with E-state index in [0.29, 0.717) is 6.61 Å². The molecule has 3 rings (SSSR count). The van der Waals surface area contributed by atoms with Crippen LogP contribution in [0.4, 0.5) is 0 Å². The standard InChI is InChI=1S/C23H31N3O.C6H8O7/c1-5-25(6-2)14-15-26-22-13-8-18(4)16-21(22)24-23(26)17-19-9-11-20(12-10-19)27-7-3;7-3(8)1-6(13,5(11)12)2-4(9)10/h8-13,16H,5-7,14-15,17H2,1-4H3;13H,1-2H2,(H,7,8)(H,9,10)(H,11,12). The van der Waals surface area contributed by atoms with E-state index in [4.69, 9.17) is 30.1 Å². The Morgan fingerprint density at radius 3 is 2.05 bits per heavy atom. The minimum atomic E-state index is -2.74. The van der Waals surface area contributed by atoms with Gasteiger partial charge in [-0.25, -0.2) is 9.78 Å². The van der Waals surface area contributed by atoms with Crippen LogP contribution in [0, 0.1) is 6.92 Å². The molecule has 0 spiro atoms. The van der Waals surface area contributed by atoms with E-state index >= 15 is 0 Å². The number of hydrogen-bond donors (Lipinski definition) is 4. The Hall–Kier alpha value is -3.96. The van der Waals surface area contributed by atoms with Crippen molar-refractivity contribution < 1.29 is 39.5 Å². The lowest BCUT2D eigenvalue weighted by Crippen LogP contribution is -2.42. The van der Waals surface area contributed by atoms with Gasteiger partial charge in [-0.1, -0.05) is 32.0 Å². The highest BCUT2D eigenvalue weighted by Crippen LogP contribution is 2.21. The van der Waals surface area contributed by atoms with Crippen molar-refractivity contribution in [3.05, 3.63) is 59.4 Å². The van der Waals surface area contributed by atoms with E-state index in [1.807, 2.05) is 19.1 Å². The van der Waals surface area contributed by atoms with Crippen LogP contribution in [-0.2, 0) is 27.3 Å². The molecule has 0 fully saturated rings. The zero-order chi connectivity index (χ0) is 29.9. The van der Waals surface area contributed by atoms with Crippen LogP contribution >= 0.6 is 0 Å². The summed E-state index contributed by atoms with van der Waals surface area (Å²) in [6, 6.07) is 15.0. The van der Waals surface area contributed by atoms with Crippen molar-refractivity contribution in [1.29, 1.82) is 0 Å². The number of imidazole rings is 1. The van der Waals surface area contributed by atoms with Crippen molar-refractivity contribution >= 4 is 28.9 Å². The van der Waals surface area contributed by atoms with Crippen molar-refractivity contribution in [2.75, 3.05) is 26.2 Å². The first kappa shape index (κ1) is 32.3. The Balaban J connectivity index is 0.000000366. The summed E-state index contributed by atoms with van der Waals surface area (Å²) in [6.45, 7) is 13.4. The number of hydrogen-bond acceptors (Lipinski definition) is 7. The van der Waals surface area contributed by atoms with E-state index < -0.39 is 36.4 Å². The van der Waals surface area contributed by atoms with Crippen molar-refractivity contribution in [3.63, 3.8) is 0 Å². The van der Waals surface area contributed by atoms with Crippen LogP contribution in [0.15, 0.2) is 42.5 Å². The molecule has 0 saturated heterocycles. The van der Waals surface area contributed by atoms with Gasteiger partial charge >= 0.3 is 17.9 Å². The van der Waals surface area contributed by atoms with Gasteiger partial charge < -0.3 is 34.6 Å². The molecule has 0 aliphatic heterocycles. The summed E-state index contributed by atoms with van der Waals surface area (Å²) in [5.74, 6) is -2.96. The third-order valence-corrected chi connectivity index (χ3v) is 6.40. The molecule has 0 amide bonds. The summed E-state index contributed by atoms with van der Waals surface area (Å²) in [5.41, 5.74) is 2.10. The second-order valence-electron chi connectivity index (χ2n) is 9.43. The number of nitrogens with zero attached hydrogens (tertiary/aromatic N) is 3. The molecule has 218 valence electrons. The largest absolute Gasteiger partial charge is 0.494 e. The molecular formula is C29H39N3O8. The molecule has 0 unspecified atom stereocenters. The second kappa shape index (κ2) is 15.0. The van der Waals surface area contributed by atoms with Crippen LogP contribution < -0.4 is 4.74 Å². The van der Waals surface area contributed by atoms with Gasteiger partial charge in [0.15, 0.2) is 5.60 Å². The van der Waals surface area contributed by atoms with E-state index in [0.717, 1.165) is 49.7 Å². The number of aliphatic hydroxyl groups is 1. The maximum atomic E-state index is 10.3. The summed E-state index contributed by atoms with van der Waals surface area (Å²) in [5, 5.41) is 33.8. The minimum absolute atomic E-state index is 0.694. The number of aryl methyl sites for hydroxylation is 1. The molecule has 0 saturated carbocycles. The molecule has 1 heterocycles. The number of carboxylic acid groups (broad SMARTS) is 3. The monoisotopic (exact) mass is 557 g/mol. The van der Waals surface area contributed by atoms with Crippen molar-refractivity contribution in [3.8, 4) is 5.75 Å². The lowest BCUT2D eigenvalue weighted by atomic mass is 9.96. The number of ether oxygens (including phenoxy) is 1. The summed E-state index contributed by atoms with van der Waals surface area (Å²) in [4.78, 5) is 37.9. The van der Waals surface area contributed by atoms with Crippen LogP contribution in [0.1, 0.15) is 50.6 Å². The third-order valence-electron chi connectivity index (χ3n) is 6.40. The highest BCUT2D eigenvalue weighted by atomic mass is 16.5. The van der Waals surface area contributed by atoms with Crippen molar-refractivity contribution in [2.45, 2.75) is 59.1 Å². The fraction of sp³-hybridized carbons (Fsp3) is 0.448. The third kappa shape index (κ3) is 9.35. The summed E-state index contributed by atoms with van der Waals surface area (Å²) in [6.07, 6.45) is -1.46. The fourth-order valence-corrected chi connectivity index (χ4v) is 4.22. The highest BCUT2D eigenvalue weighted by molar-refractivity contribution is 5.88.